The second-order valence-electron chi connectivity index (χ2n) is 7.05. The minimum absolute atomic E-state index is 0.639. The van der Waals surface area contributed by atoms with E-state index < -0.39 is 0 Å². The van der Waals surface area contributed by atoms with Gasteiger partial charge in [0.25, 0.3) is 0 Å². The van der Waals surface area contributed by atoms with E-state index in [1.807, 2.05) is 12.1 Å². The lowest BCUT2D eigenvalue weighted by Crippen LogP contribution is -2.12. The van der Waals surface area contributed by atoms with Crippen molar-refractivity contribution < 1.29 is 4.74 Å². The first-order valence-corrected chi connectivity index (χ1v) is 9.53. The molecule has 2 nitrogen and oxygen atoms in total. The number of hydrogen-bond acceptors (Lipinski definition) is 2. The Bertz CT molecular complexity index is 688. The van der Waals surface area contributed by atoms with Crippen LogP contribution in [0.3, 0.4) is 0 Å². The summed E-state index contributed by atoms with van der Waals surface area (Å²) in [6.45, 7) is 2.99. The highest BCUT2D eigenvalue weighted by atomic mass is 16.5. The second-order valence-corrected chi connectivity index (χ2v) is 7.05. The number of hydrogen-bond donors (Lipinski definition) is 0. The molecule has 0 spiro atoms. The average molecular weight is 333 g/mol. The zero-order valence-electron chi connectivity index (χ0n) is 15.1. The van der Waals surface area contributed by atoms with Crippen molar-refractivity contribution in [2.24, 2.45) is 0 Å². The highest BCUT2D eigenvalue weighted by Gasteiger charge is 2.23. The molecule has 3 rings (SSSR count). The van der Waals surface area contributed by atoms with Gasteiger partial charge in [-0.05, 0) is 79.3 Å². The first-order chi connectivity index (χ1) is 12.3. The van der Waals surface area contributed by atoms with Crippen LogP contribution in [-0.4, -0.2) is 6.61 Å². The third kappa shape index (κ3) is 4.63. The maximum atomic E-state index is 8.92. The largest absolute Gasteiger partial charge is 0.494 e. The Labute approximate surface area is 151 Å². The predicted octanol–water partition coefficient (Wildman–Crippen LogP) is 6.18. The fourth-order valence-corrected chi connectivity index (χ4v) is 3.76. The fourth-order valence-electron chi connectivity index (χ4n) is 3.76. The Morgan fingerprint density at radius 2 is 1.40 bits per heavy atom. The van der Waals surface area contributed by atoms with E-state index in [2.05, 4.69) is 49.4 Å². The Hall–Kier alpha value is -2.27. The van der Waals surface area contributed by atoms with Gasteiger partial charge in [0.1, 0.15) is 5.75 Å². The van der Waals surface area contributed by atoms with Crippen LogP contribution in [0.25, 0.3) is 0 Å². The van der Waals surface area contributed by atoms with Crippen molar-refractivity contribution in [1.29, 1.82) is 5.26 Å². The number of unbranched alkanes of at least 4 members (excludes halogenated alkanes) is 1. The second kappa shape index (κ2) is 8.72. The third-order valence-electron chi connectivity index (χ3n) is 5.36. The molecule has 0 aromatic heterocycles. The number of nitrogens with zero attached hydrogens (tertiary/aromatic N) is 1. The first kappa shape index (κ1) is 17.5. The summed E-state index contributed by atoms with van der Waals surface area (Å²) in [7, 11) is 0. The minimum Gasteiger partial charge on any atom is -0.494 e. The van der Waals surface area contributed by atoms with E-state index in [1.54, 1.807) is 0 Å². The number of benzene rings is 2. The van der Waals surface area contributed by atoms with Gasteiger partial charge in [0, 0.05) is 0 Å². The van der Waals surface area contributed by atoms with E-state index >= 15 is 0 Å². The van der Waals surface area contributed by atoms with Crippen molar-refractivity contribution >= 4 is 0 Å². The Balaban J connectivity index is 1.53. The van der Waals surface area contributed by atoms with Gasteiger partial charge in [0.15, 0.2) is 0 Å². The molecule has 0 radical (unpaired) electrons. The molecule has 0 amide bonds. The zero-order chi connectivity index (χ0) is 17.5. The summed E-state index contributed by atoms with van der Waals surface area (Å²) in [5.41, 5.74) is 3.58. The normalized spacial score (nSPS) is 20.0. The minimum atomic E-state index is 0.639. The molecule has 0 saturated heterocycles. The number of rotatable bonds is 6. The summed E-state index contributed by atoms with van der Waals surface area (Å²) in [6, 6.07) is 19.1. The molecule has 0 N–H and O–H groups in total. The molecule has 0 heterocycles. The van der Waals surface area contributed by atoms with Crippen molar-refractivity contribution in [3.8, 4) is 11.8 Å². The molecule has 0 atom stereocenters. The number of ether oxygens (including phenoxy) is 1. The molecule has 1 saturated carbocycles. The van der Waals surface area contributed by atoms with E-state index in [0.29, 0.717) is 11.8 Å². The van der Waals surface area contributed by atoms with Gasteiger partial charge in [-0.2, -0.15) is 5.26 Å². The molecule has 0 bridgehead atoms. The van der Waals surface area contributed by atoms with Crippen molar-refractivity contribution in [1.82, 2.24) is 0 Å². The van der Waals surface area contributed by atoms with Crippen LogP contribution in [0, 0.1) is 11.3 Å². The van der Waals surface area contributed by atoms with Crippen LogP contribution < -0.4 is 4.74 Å². The van der Waals surface area contributed by atoms with Crippen molar-refractivity contribution in [2.75, 3.05) is 6.61 Å². The standard InChI is InChI=1S/C23H27NO/c1-2-3-16-25-23-14-12-22(13-15-23)21-10-8-20(9-11-21)19-6-4-18(17-24)5-7-19/h4-7,12-15,20-21H,2-3,8-11,16H2,1H3/t20-,21-. The van der Waals surface area contributed by atoms with Gasteiger partial charge in [-0.1, -0.05) is 37.6 Å². The Kier molecular flexibility index (Phi) is 6.12. The monoisotopic (exact) mass is 333 g/mol. The van der Waals surface area contributed by atoms with Gasteiger partial charge in [-0.25, -0.2) is 0 Å². The van der Waals surface area contributed by atoms with Crippen LogP contribution in [0.1, 0.15) is 74.0 Å². The van der Waals surface area contributed by atoms with E-state index in [9.17, 15) is 0 Å². The van der Waals surface area contributed by atoms with Gasteiger partial charge in [-0.15, -0.1) is 0 Å². The third-order valence-corrected chi connectivity index (χ3v) is 5.36. The van der Waals surface area contributed by atoms with Crippen LogP contribution in [0.4, 0.5) is 0 Å². The van der Waals surface area contributed by atoms with Gasteiger partial charge in [0.2, 0.25) is 0 Å². The van der Waals surface area contributed by atoms with Crippen molar-refractivity contribution in [2.45, 2.75) is 57.3 Å². The fraction of sp³-hybridized carbons (Fsp3) is 0.435. The van der Waals surface area contributed by atoms with Gasteiger partial charge < -0.3 is 4.74 Å². The van der Waals surface area contributed by atoms with Gasteiger partial charge >= 0.3 is 0 Å². The molecule has 0 aliphatic heterocycles. The molecule has 2 aromatic carbocycles. The summed E-state index contributed by atoms with van der Waals surface area (Å²) in [4.78, 5) is 0. The first-order valence-electron chi connectivity index (χ1n) is 9.53. The Morgan fingerprint density at radius 3 is 1.88 bits per heavy atom. The Morgan fingerprint density at radius 1 is 0.880 bits per heavy atom. The molecule has 25 heavy (non-hydrogen) atoms. The van der Waals surface area contributed by atoms with Gasteiger partial charge in [-0.3, -0.25) is 0 Å². The van der Waals surface area contributed by atoms with E-state index in [4.69, 9.17) is 10.00 Å². The van der Waals surface area contributed by atoms with Crippen LogP contribution in [0.15, 0.2) is 48.5 Å². The zero-order valence-corrected chi connectivity index (χ0v) is 15.1. The summed E-state index contributed by atoms with van der Waals surface area (Å²) < 4.78 is 5.76. The molecular weight excluding hydrogens is 306 g/mol. The average Bonchev–Trinajstić information content (AvgIpc) is 2.69. The lowest BCUT2D eigenvalue weighted by Gasteiger charge is -2.29. The molecular formula is C23H27NO. The molecule has 1 aliphatic rings. The summed E-state index contributed by atoms with van der Waals surface area (Å²) >= 11 is 0. The predicted molar refractivity (Wildman–Crippen MR) is 102 cm³/mol. The van der Waals surface area contributed by atoms with E-state index in [0.717, 1.165) is 24.3 Å². The summed E-state index contributed by atoms with van der Waals surface area (Å²) in [5.74, 6) is 2.29. The summed E-state index contributed by atoms with van der Waals surface area (Å²) in [5, 5.41) is 8.92. The molecule has 1 aliphatic carbocycles. The SMILES string of the molecule is CCCCOc1ccc([C@H]2CC[C@H](c3ccc(C#N)cc3)CC2)cc1. The van der Waals surface area contributed by atoms with Crippen LogP contribution in [0.5, 0.6) is 5.75 Å². The van der Waals surface area contributed by atoms with Crippen molar-refractivity contribution in [3.05, 3.63) is 65.2 Å². The smallest absolute Gasteiger partial charge is 0.119 e. The molecule has 2 heteroatoms. The maximum absolute atomic E-state index is 8.92. The highest BCUT2D eigenvalue weighted by molar-refractivity contribution is 5.34. The topological polar surface area (TPSA) is 33.0 Å². The molecule has 0 unspecified atom stereocenters. The maximum Gasteiger partial charge on any atom is 0.119 e. The van der Waals surface area contributed by atoms with Gasteiger partial charge in [0.05, 0.1) is 18.2 Å². The lowest BCUT2D eigenvalue weighted by atomic mass is 9.76. The van der Waals surface area contributed by atoms with Crippen molar-refractivity contribution in [3.63, 3.8) is 0 Å². The van der Waals surface area contributed by atoms with Crippen LogP contribution in [0.2, 0.25) is 0 Å². The molecule has 130 valence electrons. The van der Waals surface area contributed by atoms with Crippen LogP contribution in [-0.2, 0) is 0 Å². The molecule has 2 aromatic rings. The van der Waals surface area contributed by atoms with E-state index in [-0.39, 0.29) is 0 Å². The van der Waals surface area contributed by atoms with Crippen LogP contribution >= 0.6 is 0 Å². The quantitative estimate of drug-likeness (QED) is 0.591. The summed E-state index contributed by atoms with van der Waals surface area (Å²) in [6.07, 6.45) is 7.21. The number of nitriles is 1. The highest BCUT2D eigenvalue weighted by Crippen LogP contribution is 2.40. The molecule has 1 fully saturated rings. The van der Waals surface area contributed by atoms with E-state index in [1.165, 1.54) is 43.2 Å². The lowest BCUT2D eigenvalue weighted by molar-refractivity contribution is 0.309.